The van der Waals surface area contributed by atoms with Gasteiger partial charge in [-0.1, -0.05) is 0 Å². The average molecular weight is 272 g/mol. The summed E-state index contributed by atoms with van der Waals surface area (Å²) in [5, 5.41) is 3.22. The minimum Gasteiger partial charge on any atom is -0.348 e. The van der Waals surface area contributed by atoms with Crippen molar-refractivity contribution in [2.45, 2.75) is 19.0 Å². The lowest BCUT2D eigenvalue weighted by Crippen LogP contribution is -2.42. The molecule has 0 saturated carbocycles. The van der Waals surface area contributed by atoms with Gasteiger partial charge >= 0.3 is 0 Å². The summed E-state index contributed by atoms with van der Waals surface area (Å²) in [6.45, 7) is 1.20. The van der Waals surface area contributed by atoms with Crippen molar-refractivity contribution in [3.8, 4) is 0 Å². The van der Waals surface area contributed by atoms with Crippen molar-refractivity contribution < 1.29 is 4.79 Å². The summed E-state index contributed by atoms with van der Waals surface area (Å²) < 4.78 is 0. The molecule has 0 radical (unpaired) electrons. The van der Waals surface area contributed by atoms with E-state index < -0.39 is 0 Å². The summed E-state index contributed by atoms with van der Waals surface area (Å²) in [4.78, 5) is 29.7. The third-order valence-electron chi connectivity index (χ3n) is 3.39. The Hall–Kier alpha value is -2.28. The minimum absolute atomic E-state index is 0.0105. The summed E-state index contributed by atoms with van der Waals surface area (Å²) in [6.07, 6.45) is 7.41. The summed E-state index contributed by atoms with van der Waals surface area (Å²) in [7, 11) is 1.76. The Morgan fingerprint density at radius 3 is 3.15 bits per heavy atom. The number of aromatic amines is 1. The van der Waals surface area contributed by atoms with Crippen LogP contribution in [-0.2, 0) is 17.8 Å². The van der Waals surface area contributed by atoms with Crippen molar-refractivity contribution in [2.24, 2.45) is 0 Å². The van der Waals surface area contributed by atoms with Crippen LogP contribution in [0.1, 0.15) is 23.1 Å². The van der Waals surface area contributed by atoms with E-state index in [1.54, 1.807) is 36.9 Å². The zero-order valence-electron chi connectivity index (χ0n) is 11.2. The normalized spacial score (nSPS) is 17.6. The van der Waals surface area contributed by atoms with Crippen LogP contribution in [0.2, 0.25) is 0 Å². The van der Waals surface area contributed by atoms with Crippen LogP contribution >= 0.6 is 0 Å². The van der Waals surface area contributed by atoms with Crippen molar-refractivity contribution >= 4 is 5.91 Å². The second kappa shape index (κ2) is 5.38. The molecular formula is C13H16N6O. The molecule has 3 rings (SSSR count). The van der Waals surface area contributed by atoms with Crippen molar-refractivity contribution in [1.82, 2.24) is 30.2 Å². The molecule has 104 valence electrons. The first-order valence-electron chi connectivity index (χ1n) is 6.51. The van der Waals surface area contributed by atoms with E-state index in [4.69, 9.17) is 0 Å². The maximum Gasteiger partial charge on any atom is 0.246 e. The lowest BCUT2D eigenvalue weighted by molar-refractivity contribution is -0.133. The quantitative estimate of drug-likeness (QED) is 0.824. The van der Waals surface area contributed by atoms with E-state index >= 15 is 0 Å². The highest BCUT2D eigenvalue weighted by molar-refractivity contribution is 5.83. The van der Waals surface area contributed by atoms with E-state index in [1.807, 2.05) is 0 Å². The minimum atomic E-state index is -0.383. The number of aromatic nitrogens is 4. The lowest BCUT2D eigenvalue weighted by atomic mass is 10.0. The van der Waals surface area contributed by atoms with Gasteiger partial charge in [-0.2, -0.15) is 0 Å². The van der Waals surface area contributed by atoms with Crippen LogP contribution in [0.15, 0.2) is 24.9 Å². The Morgan fingerprint density at radius 1 is 1.45 bits per heavy atom. The summed E-state index contributed by atoms with van der Waals surface area (Å²) in [6, 6.07) is -0.383. The molecule has 1 aliphatic rings. The highest BCUT2D eigenvalue weighted by Gasteiger charge is 2.30. The molecule has 0 aliphatic carbocycles. The second-order valence-corrected chi connectivity index (χ2v) is 4.79. The number of hydrogen-bond acceptors (Lipinski definition) is 5. The van der Waals surface area contributed by atoms with Gasteiger partial charge in [-0.15, -0.1) is 0 Å². The zero-order chi connectivity index (χ0) is 13.9. The number of nitrogens with zero attached hydrogens (tertiary/aromatic N) is 4. The molecular weight excluding hydrogens is 256 g/mol. The fraction of sp³-hybridized carbons (Fsp3) is 0.385. The van der Waals surface area contributed by atoms with Gasteiger partial charge in [0, 0.05) is 38.1 Å². The van der Waals surface area contributed by atoms with Crippen molar-refractivity contribution in [1.29, 1.82) is 0 Å². The molecule has 0 saturated heterocycles. The predicted octanol–water partition coefficient (Wildman–Crippen LogP) is 0.0451. The predicted molar refractivity (Wildman–Crippen MR) is 71.5 cm³/mol. The molecule has 7 heteroatoms. The molecule has 0 aromatic carbocycles. The maximum atomic E-state index is 12.5. The highest BCUT2D eigenvalue weighted by atomic mass is 16.2. The Labute approximate surface area is 116 Å². The van der Waals surface area contributed by atoms with Crippen LogP contribution in [-0.4, -0.2) is 44.3 Å². The van der Waals surface area contributed by atoms with Gasteiger partial charge in [0.15, 0.2) is 0 Å². The van der Waals surface area contributed by atoms with E-state index in [2.05, 4.69) is 25.3 Å². The number of amides is 1. The highest BCUT2D eigenvalue weighted by Crippen LogP contribution is 2.21. The Bertz CT molecular complexity index is 596. The van der Waals surface area contributed by atoms with Crippen molar-refractivity contribution in [3.05, 3.63) is 42.0 Å². The number of hydrogen-bond donors (Lipinski definition) is 2. The van der Waals surface area contributed by atoms with Crippen LogP contribution in [0, 0.1) is 0 Å². The Morgan fingerprint density at radius 2 is 2.35 bits per heavy atom. The molecule has 20 heavy (non-hydrogen) atoms. The van der Waals surface area contributed by atoms with E-state index in [1.165, 1.54) is 0 Å². The fourth-order valence-electron chi connectivity index (χ4n) is 2.38. The van der Waals surface area contributed by atoms with Crippen molar-refractivity contribution in [2.75, 3.05) is 13.6 Å². The van der Waals surface area contributed by atoms with E-state index in [-0.39, 0.29) is 11.9 Å². The largest absolute Gasteiger partial charge is 0.348 e. The molecule has 2 aromatic heterocycles. The fourth-order valence-corrected chi connectivity index (χ4v) is 2.38. The third-order valence-corrected chi connectivity index (χ3v) is 3.39. The SMILES string of the molecule is CN(Cc1cnccn1)C(=O)[C@H]1NCCc2[nH]cnc21. The summed E-state index contributed by atoms with van der Waals surface area (Å²) >= 11 is 0. The molecule has 1 amide bonds. The van der Waals surface area contributed by atoms with E-state index in [9.17, 15) is 4.79 Å². The molecule has 1 atom stereocenters. The van der Waals surface area contributed by atoms with Gasteiger partial charge in [0.05, 0.1) is 30.5 Å². The Balaban J connectivity index is 1.74. The van der Waals surface area contributed by atoms with Crippen LogP contribution in [0.4, 0.5) is 0 Å². The number of nitrogens with one attached hydrogen (secondary N) is 2. The number of likely N-dealkylation sites (N-methyl/N-ethyl adjacent to an activating group) is 1. The second-order valence-electron chi connectivity index (χ2n) is 4.79. The maximum absolute atomic E-state index is 12.5. The van der Waals surface area contributed by atoms with Gasteiger partial charge in [-0.25, -0.2) is 4.98 Å². The number of fused-ring (bicyclic) bond motifs is 1. The number of imidazole rings is 1. The first kappa shape index (κ1) is 12.7. The number of rotatable bonds is 3. The Kier molecular flexibility index (Phi) is 3.42. The van der Waals surface area contributed by atoms with Crippen LogP contribution in [0.3, 0.4) is 0 Å². The first-order chi connectivity index (χ1) is 9.75. The summed E-state index contributed by atoms with van der Waals surface area (Å²) in [5.74, 6) is -0.0105. The first-order valence-corrected chi connectivity index (χ1v) is 6.51. The molecule has 3 heterocycles. The molecule has 1 aliphatic heterocycles. The molecule has 0 bridgehead atoms. The van der Waals surface area contributed by atoms with E-state index in [0.29, 0.717) is 6.54 Å². The van der Waals surface area contributed by atoms with Gasteiger partial charge in [-0.3, -0.25) is 14.8 Å². The monoisotopic (exact) mass is 272 g/mol. The number of carbonyl (C=O) groups is 1. The third kappa shape index (κ3) is 2.39. The van der Waals surface area contributed by atoms with Crippen LogP contribution < -0.4 is 5.32 Å². The van der Waals surface area contributed by atoms with Crippen molar-refractivity contribution in [3.63, 3.8) is 0 Å². The molecule has 2 N–H and O–H groups in total. The van der Waals surface area contributed by atoms with Crippen LogP contribution in [0.5, 0.6) is 0 Å². The lowest BCUT2D eigenvalue weighted by Gasteiger charge is -2.26. The molecule has 0 unspecified atom stereocenters. The van der Waals surface area contributed by atoms with Gasteiger partial charge < -0.3 is 15.2 Å². The van der Waals surface area contributed by atoms with Gasteiger partial charge in [0.25, 0.3) is 0 Å². The zero-order valence-corrected chi connectivity index (χ0v) is 11.2. The average Bonchev–Trinajstić information content (AvgIpc) is 2.96. The number of H-pyrrole nitrogens is 1. The topological polar surface area (TPSA) is 86.8 Å². The standard InChI is InChI=1S/C13H16N6O/c1-19(7-9-6-14-4-5-15-9)13(20)12-11-10(2-3-16-12)17-8-18-11/h4-6,8,12,16H,2-3,7H2,1H3,(H,17,18)/t12-/m0/s1. The molecule has 0 fully saturated rings. The van der Waals surface area contributed by atoms with Gasteiger partial charge in [-0.05, 0) is 0 Å². The van der Waals surface area contributed by atoms with Gasteiger partial charge in [0.2, 0.25) is 5.91 Å². The smallest absolute Gasteiger partial charge is 0.246 e. The molecule has 7 nitrogen and oxygen atoms in total. The summed E-state index contributed by atoms with van der Waals surface area (Å²) in [5.41, 5.74) is 2.60. The van der Waals surface area contributed by atoms with E-state index in [0.717, 1.165) is 30.0 Å². The molecule has 2 aromatic rings. The van der Waals surface area contributed by atoms with Crippen LogP contribution in [0.25, 0.3) is 0 Å². The number of carbonyl (C=O) groups excluding carboxylic acids is 1. The van der Waals surface area contributed by atoms with Gasteiger partial charge in [0.1, 0.15) is 6.04 Å². The molecule has 0 spiro atoms.